The van der Waals surface area contributed by atoms with Gasteiger partial charge in [-0.05, 0) is 53.5 Å². The minimum atomic E-state index is 0. The molecule has 1 aliphatic rings. The van der Waals surface area contributed by atoms with Crippen molar-refractivity contribution in [2.24, 2.45) is 0 Å². The highest BCUT2D eigenvalue weighted by Gasteiger charge is 2.07. The summed E-state index contributed by atoms with van der Waals surface area (Å²) in [7, 11) is 0. The van der Waals surface area contributed by atoms with Gasteiger partial charge in [0.1, 0.15) is 5.75 Å². The van der Waals surface area contributed by atoms with Crippen LogP contribution in [0.2, 0.25) is 0 Å². The summed E-state index contributed by atoms with van der Waals surface area (Å²) in [6.45, 7) is 4.95. The van der Waals surface area contributed by atoms with Crippen molar-refractivity contribution in [1.29, 1.82) is 0 Å². The topological polar surface area (TPSA) is 50.4 Å². The summed E-state index contributed by atoms with van der Waals surface area (Å²) in [6, 6.07) is 5.90. The number of halogens is 2. The summed E-state index contributed by atoms with van der Waals surface area (Å²) in [5.74, 6) is 0.798. The molecule has 0 radical (unpaired) electrons. The predicted octanol–water partition coefficient (Wildman–Crippen LogP) is 2.98. The van der Waals surface area contributed by atoms with Gasteiger partial charge in [-0.15, -0.1) is 12.4 Å². The van der Waals surface area contributed by atoms with Gasteiger partial charge >= 0.3 is 0 Å². The molecule has 0 atom stereocenters. The van der Waals surface area contributed by atoms with Crippen molar-refractivity contribution >= 4 is 34.2 Å². The quantitative estimate of drug-likeness (QED) is 0.735. The first-order valence-corrected chi connectivity index (χ1v) is 7.99. The molecule has 122 valence electrons. The number of ether oxygens (including phenoxy) is 1. The Kier molecular flexibility index (Phi) is 8.53. The van der Waals surface area contributed by atoms with Crippen molar-refractivity contribution in [1.82, 2.24) is 10.6 Å². The van der Waals surface area contributed by atoms with E-state index in [9.17, 15) is 4.79 Å². The van der Waals surface area contributed by atoms with E-state index in [-0.39, 0.29) is 18.3 Å². The predicted molar refractivity (Wildman–Crippen MR) is 94.8 cm³/mol. The first-order chi connectivity index (χ1) is 10.1. The van der Waals surface area contributed by atoms with E-state index in [1.54, 1.807) is 0 Å². The van der Waals surface area contributed by atoms with Crippen LogP contribution in [0.5, 0.6) is 5.75 Å². The molecule has 1 heterocycles. The van der Waals surface area contributed by atoms with Crippen LogP contribution in [-0.2, 0) is 4.79 Å². The van der Waals surface area contributed by atoms with Crippen LogP contribution in [0.25, 0.3) is 0 Å². The van der Waals surface area contributed by atoms with E-state index in [1.807, 2.05) is 25.1 Å². The van der Waals surface area contributed by atoms with Crippen molar-refractivity contribution in [2.75, 3.05) is 26.2 Å². The number of aryl methyl sites for hydroxylation is 1. The van der Waals surface area contributed by atoms with Crippen molar-refractivity contribution < 1.29 is 9.53 Å². The molecule has 0 unspecified atom stereocenters. The Morgan fingerprint density at radius 2 is 2.27 bits per heavy atom. The fraction of sp³-hybridized carbons (Fsp3) is 0.438. The number of nitrogens with one attached hydrogen (secondary N) is 2. The van der Waals surface area contributed by atoms with E-state index in [0.29, 0.717) is 19.6 Å². The van der Waals surface area contributed by atoms with E-state index in [0.717, 1.165) is 29.7 Å². The molecule has 2 rings (SSSR count). The molecule has 1 aromatic carbocycles. The number of carbonyl (C=O) groups is 1. The number of hydrogen-bond acceptors (Lipinski definition) is 3. The molecule has 0 saturated heterocycles. The standard InChI is InChI=1S/C16H21BrN2O2.ClH/c1-12-2-3-15(14(17)10-12)21-9-6-16(20)19-11-13-4-7-18-8-5-13;/h2-4,10,18H,5-9,11H2,1H3,(H,19,20);1H. The molecule has 0 aromatic heterocycles. The maximum absolute atomic E-state index is 11.8. The van der Waals surface area contributed by atoms with Crippen molar-refractivity contribution in [3.8, 4) is 5.75 Å². The average Bonchev–Trinajstić information content (AvgIpc) is 2.48. The maximum Gasteiger partial charge on any atom is 0.223 e. The van der Waals surface area contributed by atoms with Crippen molar-refractivity contribution in [2.45, 2.75) is 19.8 Å². The molecule has 22 heavy (non-hydrogen) atoms. The largest absolute Gasteiger partial charge is 0.492 e. The summed E-state index contributed by atoms with van der Waals surface area (Å²) < 4.78 is 6.54. The molecule has 1 aromatic rings. The lowest BCUT2D eigenvalue weighted by Crippen LogP contribution is -2.30. The minimum Gasteiger partial charge on any atom is -0.492 e. The van der Waals surface area contributed by atoms with Crippen LogP contribution in [0, 0.1) is 6.92 Å². The van der Waals surface area contributed by atoms with Gasteiger partial charge in [0.05, 0.1) is 17.5 Å². The lowest BCUT2D eigenvalue weighted by Gasteiger charge is -2.14. The molecule has 0 saturated carbocycles. The Morgan fingerprint density at radius 1 is 1.45 bits per heavy atom. The summed E-state index contributed by atoms with van der Waals surface area (Å²) in [5.41, 5.74) is 2.46. The van der Waals surface area contributed by atoms with Gasteiger partial charge in [0.2, 0.25) is 5.91 Å². The summed E-state index contributed by atoms with van der Waals surface area (Å²) in [4.78, 5) is 11.8. The van der Waals surface area contributed by atoms with Gasteiger partial charge in [-0.1, -0.05) is 17.7 Å². The second-order valence-electron chi connectivity index (χ2n) is 5.13. The van der Waals surface area contributed by atoms with Gasteiger partial charge in [0.25, 0.3) is 0 Å². The zero-order valence-electron chi connectivity index (χ0n) is 12.7. The molecule has 6 heteroatoms. The molecule has 2 N–H and O–H groups in total. The third-order valence-electron chi connectivity index (χ3n) is 3.34. The van der Waals surface area contributed by atoms with Gasteiger partial charge in [-0.25, -0.2) is 0 Å². The lowest BCUT2D eigenvalue weighted by molar-refractivity contribution is -0.121. The molecule has 0 spiro atoms. The van der Waals surface area contributed by atoms with E-state index in [4.69, 9.17) is 4.74 Å². The Balaban J connectivity index is 0.00000242. The van der Waals surface area contributed by atoms with E-state index in [1.165, 1.54) is 11.1 Å². The van der Waals surface area contributed by atoms with Gasteiger partial charge in [-0.2, -0.15) is 0 Å². The Hall–Kier alpha value is -1.04. The lowest BCUT2D eigenvalue weighted by atomic mass is 10.1. The normalized spacial score (nSPS) is 13.8. The van der Waals surface area contributed by atoms with Gasteiger partial charge in [-0.3, -0.25) is 4.79 Å². The van der Waals surface area contributed by atoms with Crippen LogP contribution in [0.15, 0.2) is 34.3 Å². The number of benzene rings is 1. The summed E-state index contributed by atoms with van der Waals surface area (Å²) in [6.07, 6.45) is 3.52. The van der Waals surface area contributed by atoms with Crippen molar-refractivity contribution in [3.05, 3.63) is 39.9 Å². The fourth-order valence-electron chi connectivity index (χ4n) is 2.11. The molecule has 0 bridgehead atoms. The zero-order chi connectivity index (χ0) is 15.1. The second-order valence-corrected chi connectivity index (χ2v) is 5.98. The third-order valence-corrected chi connectivity index (χ3v) is 3.96. The van der Waals surface area contributed by atoms with Crippen LogP contribution in [-0.4, -0.2) is 32.1 Å². The highest BCUT2D eigenvalue weighted by Crippen LogP contribution is 2.25. The SMILES string of the molecule is Cc1ccc(OCCC(=O)NCC2=CCNCC2)c(Br)c1.Cl. The summed E-state index contributed by atoms with van der Waals surface area (Å²) in [5, 5.41) is 6.19. The second kappa shape index (κ2) is 9.87. The summed E-state index contributed by atoms with van der Waals surface area (Å²) >= 11 is 3.46. The third kappa shape index (κ3) is 6.38. The van der Waals surface area contributed by atoms with E-state index in [2.05, 4.69) is 32.6 Å². The monoisotopic (exact) mass is 388 g/mol. The van der Waals surface area contributed by atoms with Crippen LogP contribution in [0.1, 0.15) is 18.4 Å². The maximum atomic E-state index is 11.8. The molecule has 1 amide bonds. The average molecular weight is 390 g/mol. The highest BCUT2D eigenvalue weighted by atomic mass is 79.9. The molecule has 1 aliphatic heterocycles. The zero-order valence-corrected chi connectivity index (χ0v) is 15.1. The molecule has 0 aliphatic carbocycles. The van der Waals surface area contributed by atoms with Crippen molar-refractivity contribution in [3.63, 3.8) is 0 Å². The molecule has 4 nitrogen and oxygen atoms in total. The first kappa shape index (κ1) is 19.0. The highest BCUT2D eigenvalue weighted by molar-refractivity contribution is 9.10. The number of amides is 1. The van der Waals surface area contributed by atoms with Crippen LogP contribution < -0.4 is 15.4 Å². The van der Waals surface area contributed by atoms with Crippen LogP contribution in [0.4, 0.5) is 0 Å². The molecular weight excluding hydrogens is 368 g/mol. The Bertz CT molecular complexity index is 535. The van der Waals surface area contributed by atoms with Gasteiger partial charge in [0.15, 0.2) is 0 Å². The van der Waals surface area contributed by atoms with E-state index < -0.39 is 0 Å². The first-order valence-electron chi connectivity index (χ1n) is 7.19. The minimum absolute atomic E-state index is 0. The van der Waals surface area contributed by atoms with Gasteiger partial charge < -0.3 is 15.4 Å². The van der Waals surface area contributed by atoms with Crippen LogP contribution >= 0.6 is 28.3 Å². The smallest absolute Gasteiger partial charge is 0.223 e. The van der Waals surface area contributed by atoms with Gasteiger partial charge in [0, 0.05) is 13.1 Å². The molecule has 0 fully saturated rings. The van der Waals surface area contributed by atoms with Crippen LogP contribution in [0.3, 0.4) is 0 Å². The number of carbonyl (C=O) groups excluding carboxylic acids is 1. The Morgan fingerprint density at radius 3 is 2.95 bits per heavy atom. The number of rotatable bonds is 6. The fourth-order valence-corrected chi connectivity index (χ4v) is 2.71. The Labute approximate surface area is 146 Å². The number of hydrogen-bond donors (Lipinski definition) is 2. The molecular formula is C16H22BrClN2O2. The van der Waals surface area contributed by atoms with E-state index >= 15 is 0 Å².